The third kappa shape index (κ3) is 3.75. The van der Waals surface area contributed by atoms with Crippen molar-refractivity contribution in [2.75, 3.05) is 6.54 Å². The Morgan fingerprint density at radius 2 is 2.05 bits per heavy atom. The first kappa shape index (κ1) is 14.4. The summed E-state index contributed by atoms with van der Waals surface area (Å²) in [6, 6.07) is 12.5. The Morgan fingerprint density at radius 3 is 2.80 bits per heavy atom. The summed E-state index contributed by atoms with van der Waals surface area (Å²) in [7, 11) is 0. The minimum absolute atomic E-state index is 0.00384. The molecule has 2 rings (SSSR count). The van der Waals surface area contributed by atoms with E-state index in [1.54, 1.807) is 12.1 Å². The van der Waals surface area contributed by atoms with Gasteiger partial charge in [0.1, 0.15) is 5.75 Å². The van der Waals surface area contributed by atoms with Crippen LogP contribution in [0.25, 0.3) is 0 Å². The van der Waals surface area contributed by atoms with Gasteiger partial charge in [0.25, 0.3) is 5.91 Å². The fourth-order valence-corrected chi connectivity index (χ4v) is 2.15. The number of hydrogen-bond acceptors (Lipinski definition) is 2. The van der Waals surface area contributed by atoms with E-state index in [1.165, 1.54) is 6.07 Å². The van der Waals surface area contributed by atoms with Gasteiger partial charge in [-0.2, -0.15) is 0 Å². The minimum atomic E-state index is -0.270. The van der Waals surface area contributed by atoms with Gasteiger partial charge in [-0.25, -0.2) is 0 Å². The lowest BCUT2D eigenvalue weighted by Crippen LogP contribution is -2.25. The van der Waals surface area contributed by atoms with Gasteiger partial charge < -0.3 is 10.4 Å². The van der Waals surface area contributed by atoms with E-state index in [-0.39, 0.29) is 11.7 Å². The second-order valence-electron chi connectivity index (χ2n) is 4.66. The molecule has 4 heteroatoms. The molecule has 0 heterocycles. The molecule has 3 nitrogen and oxygen atoms in total. The molecule has 0 aliphatic carbocycles. The zero-order valence-corrected chi connectivity index (χ0v) is 11.9. The number of rotatable bonds is 4. The Labute approximate surface area is 123 Å². The molecule has 2 N–H and O–H groups in total. The predicted molar refractivity (Wildman–Crippen MR) is 80.3 cm³/mol. The highest BCUT2D eigenvalue weighted by Crippen LogP contribution is 2.18. The summed E-state index contributed by atoms with van der Waals surface area (Å²) in [4.78, 5) is 12.0. The van der Waals surface area contributed by atoms with Gasteiger partial charge in [-0.15, -0.1) is 0 Å². The van der Waals surface area contributed by atoms with Crippen LogP contribution in [0, 0.1) is 6.92 Å². The molecular weight excluding hydrogens is 274 g/mol. The number of halogens is 1. The lowest BCUT2D eigenvalue weighted by atomic mass is 10.1. The summed E-state index contributed by atoms with van der Waals surface area (Å²) >= 11 is 5.90. The van der Waals surface area contributed by atoms with Gasteiger partial charge in [-0.3, -0.25) is 4.79 Å². The zero-order chi connectivity index (χ0) is 14.5. The van der Waals surface area contributed by atoms with Gasteiger partial charge >= 0.3 is 0 Å². The first-order valence-electron chi connectivity index (χ1n) is 6.38. The molecule has 20 heavy (non-hydrogen) atoms. The number of carbonyl (C=O) groups excluding carboxylic acids is 1. The normalized spacial score (nSPS) is 10.3. The molecule has 0 saturated carbocycles. The van der Waals surface area contributed by atoms with Crippen LogP contribution in [0.1, 0.15) is 21.5 Å². The average molecular weight is 290 g/mol. The third-order valence-corrected chi connectivity index (χ3v) is 3.22. The maximum absolute atomic E-state index is 12.0. The van der Waals surface area contributed by atoms with Gasteiger partial charge in [-0.05, 0) is 43.2 Å². The molecule has 0 bridgehead atoms. The SMILES string of the molecule is Cc1ccc(O)c(C(=O)NCCc2cccc(Cl)c2)c1. The second-order valence-corrected chi connectivity index (χ2v) is 5.09. The number of nitrogens with one attached hydrogen (secondary N) is 1. The van der Waals surface area contributed by atoms with Crippen LogP contribution in [0.2, 0.25) is 5.02 Å². The Morgan fingerprint density at radius 1 is 1.25 bits per heavy atom. The topological polar surface area (TPSA) is 49.3 Å². The van der Waals surface area contributed by atoms with Crippen LogP contribution in [0.4, 0.5) is 0 Å². The van der Waals surface area contributed by atoms with E-state index in [2.05, 4.69) is 5.32 Å². The van der Waals surface area contributed by atoms with Crippen LogP contribution < -0.4 is 5.32 Å². The molecule has 2 aromatic rings. The highest BCUT2D eigenvalue weighted by Gasteiger charge is 2.10. The Kier molecular flexibility index (Phi) is 4.64. The summed E-state index contributed by atoms with van der Waals surface area (Å²) in [5.74, 6) is -0.274. The Hall–Kier alpha value is -2.00. The molecule has 0 aliphatic rings. The fourth-order valence-electron chi connectivity index (χ4n) is 1.94. The number of aryl methyl sites for hydroxylation is 1. The van der Waals surface area contributed by atoms with E-state index < -0.39 is 0 Å². The molecule has 0 radical (unpaired) electrons. The van der Waals surface area contributed by atoms with Gasteiger partial charge in [0.05, 0.1) is 5.56 Å². The molecule has 1 amide bonds. The van der Waals surface area contributed by atoms with Gasteiger partial charge in [-0.1, -0.05) is 35.4 Å². The van der Waals surface area contributed by atoms with E-state index in [0.29, 0.717) is 23.6 Å². The zero-order valence-electron chi connectivity index (χ0n) is 11.2. The molecule has 0 saturated heterocycles. The lowest BCUT2D eigenvalue weighted by molar-refractivity contribution is 0.0951. The van der Waals surface area contributed by atoms with Crippen LogP contribution in [0.3, 0.4) is 0 Å². The molecule has 0 atom stereocenters. The van der Waals surface area contributed by atoms with Crippen molar-refractivity contribution in [1.82, 2.24) is 5.32 Å². The minimum Gasteiger partial charge on any atom is -0.507 e. The van der Waals surface area contributed by atoms with Crippen molar-refractivity contribution in [3.8, 4) is 5.75 Å². The van der Waals surface area contributed by atoms with Crippen molar-refractivity contribution in [2.45, 2.75) is 13.3 Å². The predicted octanol–water partition coefficient (Wildman–Crippen LogP) is 3.33. The van der Waals surface area contributed by atoms with E-state index >= 15 is 0 Å². The molecule has 0 spiro atoms. The molecule has 0 fully saturated rings. The quantitative estimate of drug-likeness (QED) is 0.907. The third-order valence-electron chi connectivity index (χ3n) is 2.98. The first-order chi connectivity index (χ1) is 9.56. The maximum Gasteiger partial charge on any atom is 0.255 e. The standard InChI is InChI=1S/C16H16ClNO2/c1-11-5-6-15(19)14(9-11)16(20)18-8-7-12-3-2-4-13(17)10-12/h2-6,9-10,19H,7-8H2,1H3,(H,18,20). The number of benzene rings is 2. The molecule has 2 aromatic carbocycles. The lowest BCUT2D eigenvalue weighted by Gasteiger charge is -2.08. The average Bonchev–Trinajstić information content (AvgIpc) is 2.41. The number of aromatic hydroxyl groups is 1. The molecule has 0 unspecified atom stereocenters. The summed E-state index contributed by atoms with van der Waals surface area (Å²) in [5.41, 5.74) is 2.30. The number of phenolic OH excluding ortho intramolecular Hbond substituents is 1. The van der Waals surface area contributed by atoms with Crippen molar-refractivity contribution in [3.63, 3.8) is 0 Å². The Balaban J connectivity index is 1.94. The van der Waals surface area contributed by atoms with Gasteiger partial charge in [0.15, 0.2) is 0 Å². The number of hydrogen-bond donors (Lipinski definition) is 2. The van der Waals surface area contributed by atoms with Crippen LogP contribution in [-0.4, -0.2) is 17.6 Å². The van der Waals surface area contributed by atoms with E-state index in [9.17, 15) is 9.90 Å². The van der Waals surface area contributed by atoms with E-state index in [4.69, 9.17) is 11.6 Å². The van der Waals surface area contributed by atoms with Crippen LogP contribution in [0.5, 0.6) is 5.75 Å². The summed E-state index contributed by atoms with van der Waals surface area (Å²) in [6.07, 6.45) is 0.693. The summed E-state index contributed by atoms with van der Waals surface area (Å²) in [5, 5.41) is 13.2. The molecule has 0 aromatic heterocycles. The summed E-state index contributed by atoms with van der Waals surface area (Å²) in [6.45, 7) is 2.37. The molecular formula is C16H16ClNO2. The van der Waals surface area contributed by atoms with Crippen LogP contribution >= 0.6 is 11.6 Å². The van der Waals surface area contributed by atoms with Crippen molar-refractivity contribution in [3.05, 3.63) is 64.2 Å². The smallest absolute Gasteiger partial charge is 0.255 e. The largest absolute Gasteiger partial charge is 0.507 e. The van der Waals surface area contributed by atoms with Crippen molar-refractivity contribution in [1.29, 1.82) is 0 Å². The van der Waals surface area contributed by atoms with E-state index in [1.807, 2.05) is 31.2 Å². The van der Waals surface area contributed by atoms with E-state index in [0.717, 1.165) is 11.1 Å². The molecule has 104 valence electrons. The maximum atomic E-state index is 12.0. The Bertz CT molecular complexity index is 626. The number of carbonyl (C=O) groups is 1. The first-order valence-corrected chi connectivity index (χ1v) is 6.76. The van der Waals surface area contributed by atoms with Crippen LogP contribution in [-0.2, 0) is 6.42 Å². The van der Waals surface area contributed by atoms with Crippen molar-refractivity contribution in [2.24, 2.45) is 0 Å². The van der Waals surface area contributed by atoms with Gasteiger partial charge in [0, 0.05) is 11.6 Å². The summed E-state index contributed by atoms with van der Waals surface area (Å²) < 4.78 is 0. The van der Waals surface area contributed by atoms with Crippen molar-refractivity contribution < 1.29 is 9.90 Å². The number of phenols is 1. The monoisotopic (exact) mass is 289 g/mol. The van der Waals surface area contributed by atoms with Crippen molar-refractivity contribution >= 4 is 17.5 Å². The number of amides is 1. The van der Waals surface area contributed by atoms with Gasteiger partial charge in [0.2, 0.25) is 0 Å². The molecule has 0 aliphatic heterocycles. The fraction of sp³-hybridized carbons (Fsp3) is 0.188. The second kappa shape index (κ2) is 6.44. The van der Waals surface area contributed by atoms with Crippen LogP contribution in [0.15, 0.2) is 42.5 Å². The highest BCUT2D eigenvalue weighted by atomic mass is 35.5. The highest BCUT2D eigenvalue weighted by molar-refractivity contribution is 6.30.